The van der Waals surface area contributed by atoms with Crippen molar-refractivity contribution in [3.8, 4) is 22.8 Å². The summed E-state index contributed by atoms with van der Waals surface area (Å²) in [6, 6.07) is 25.3. The number of nitrogens with one attached hydrogen (secondary N) is 1. The van der Waals surface area contributed by atoms with Crippen LogP contribution in [0.4, 0.5) is 0 Å². The second-order valence-corrected chi connectivity index (χ2v) is 9.34. The number of carbonyl (C=O) groups is 1. The van der Waals surface area contributed by atoms with E-state index >= 15 is 0 Å². The minimum atomic E-state index is -0.234. The molecule has 0 aliphatic heterocycles. The highest BCUT2D eigenvalue weighted by Crippen LogP contribution is 2.28. The van der Waals surface area contributed by atoms with E-state index in [0.29, 0.717) is 17.6 Å². The maximum atomic E-state index is 12.4. The molecule has 0 aliphatic carbocycles. The van der Waals surface area contributed by atoms with Crippen molar-refractivity contribution < 1.29 is 9.53 Å². The van der Waals surface area contributed by atoms with E-state index in [2.05, 4.69) is 43.6 Å². The number of halogens is 1. The summed E-state index contributed by atoms with van der Waals surface area (Å²) in [7, 11) is 0. The summed E-state index contributed by atoms with van der Waals surface area (Å²) in [6.45, 7) is 2.75. The lowest BCUT2D eigenvalue weighted by atomic mass is 10.2. The number of nitrogens with zero attached hydrogens (tertiary/aromatic N) is 4. The molecule has 0 atom stereocenters. The molecule has 0 unspecified atom stereocenters. The lowest BCUT2D eigenvalue weighted by Crippen LogP contribution is -2.20. The van der Waals surface area contributed by atoms with Gasteiger partial charge >= 0.3 is 0 Å². The van der Waals surface area contributed by atoms with Gasteiger partial charge in [-0.05, 0) is 60.5 Å². The number of hydrogen-bond acceptors (Lipinski definition) is 6. The first kappa shape index (κ1) is 24.7. The standard InChI is InChI=1S/C26H24BrN5O2S/c1-2-16-34-23-14-8-19(9-15-23)17-28-29-24(33)18-35-26-31-30-25(20-10-12-21(27)13-11-20)32(26)22-6-4-3-5-7-22/h3-15,17H,2,16,18H2,1H3,(H,29,33)/b28-17+. The van der Waals surface area contributed by atoms with Gasteiger partial charge in [-0.15, -0.1) is 10.2 Å². The molecule has 0 aliphatic rings. The van der Waals surface area contributed by atoms with Gasteiger partial charge < -0.3 is 4.74 Å². The number of hydrogen-bond donors (Lipinski definition) is 1. The van der Waals surface area contributed by atoms with E-state index in [1.54, 1.807) is 6.21 Å². The van der Waals surface area contributed by atoms with Crippen LogP contribution in [-0.4, -0.2) is 39.2 Å². The minimum absolute atomic E-state index is 0.145. The molecule has 3 aromatic carbocycles. The average molecular weight is 550 g/mol. The maximum Gasteiger partial charge on any atom is 0.250 e. The molecular weight excluding hydrogens is 526 g/mol. The van der Waals surface area contributed by atoms with Crippen LogP contribution in [0.3, 0.4) is 0 Å². The third kappa shape index (κ3) is 6.80. The number of rotatable bonds is 10. The second-order valence-electron chi connectivity index (χ2n) is 7.48. The van der Waals surface area contributed by atoms with Crippen LogP contribution in [0.5, 0.6) is 5.75 Å². The van der Waals surface area contributed by atoms with Gasteiger partial charge in [0, 0.05) is 15.7 Å². The molecule has 9 heteroatoms. The third-order valence-corrected chi connectivity index (χ3v) is 6.30. The summed E-state index contributed by atoms with van der Waals surface area (Å²) in [5, 5.41) is 13.4. The van der Waals surface area contributed by atoms with E-state index in [-0.39, 0.29) is 11.7 Å². The second kappa shape index (κ2) is 12.3. The normalized spacial score (nSPS) is 11.0. The van der Waals surface area contributed by atoms with Crippen LogP contribution in [0.15, 0.2) is 93.6 Å². The van der Waals surface area contributed by atoms with E-state index in [1.165, 1.54) is 11.8 Å². The third-order valence-electron chi connectivity index (χ3n) is 4.84. The van der Waals surface area contributed by atoms with E-state index in [4.69, 9.17) is 4.74 Å². The first-order valence-electron chi connectivity index (χ1n) is 11.1. The molecule has 0 radical (unpaired) electrons. The summed E-state index contributed by atoms with van der Waals surface area (Å²) < 4.78 is 8.51. The van der Waals surface area contributed by atoms with E-state index < -0.39 is 0 Å². The quantitative estimate of drug-likeness (QED) is 0.155. The number of thioether (sulfide) groups is 1. The van der Waals surface area contributed by atoms with Crippen molar-refractivity contribution in [2.24, 2.45) is 5.10 Å². The highest BCUT2D eigenvalue weighted by Gasteiger charge is 2.17. The van der Waals surface area contributed by atoms with Gasteiger partial charge in [-0.3, -0.25) is 9.36 Å². The molecule has 4 aromatic rings. The van der Waals surface area contributed by atoms with Gasteiger partial charge in [0.15, 0.2) is 11.0 Å². The fourth-order valence-corrected chi connectivity index (χ4v) is 4.18. The Bertz CT molecular complexity index is 1280. The van der Waals surface area contributed by atoms with Crippen LogP contribution in [0, 0.1) is 0 Å². The van der Waals surface area contributed by atoms with E-state index in [1.807, 2.05) is 83.4 Å². The molecule has 178 valence electrons. The van der Waals surface area contributed by atoms with Gasteiger partial charge in [-0.2, -0.15) is 5.10 Å². The van der Waals surface area contributed by atoms with Crippen LogP contribution in [0.1, 0.15) is 18.9 Å². The fourth-order valence-electron chi connectivity index (χ4n) is 3.17. The summed E-state index contributed by atoms with van der Waals surface area (Å²) in [6.07, 6.45) is 2.56. The largest absolute Gasteiger partial charge is 0.494 e. The van der Waals surface area contributed by atoms with E-state index in [9.17, 15) is 4.79 Å². The molecule has 0 spiro atoms. The zero-order valence-corrected chi connectivity index (χ0v) is 21.5. The molecule has 0 fully saturated rings. The minimum Gasteiger partial charge on any atom is -0.494 e. The van der Waals surface area contributed by atoms with Gasteiger partial charge in [0.1, 0.15) is 5.75 Å². The number of para-hydroxylation sites is 1. The summed E-state index contributed by atoms with van der Waals surface area (Å²) in [5.74, 6) is 1.43. The SMILES string of the molecule is CCCOc1ccc(/C=N/NC(=O)CSc2nnc(-c3ccc(Br)cc3)n2-c2ccccc2)cc1. The highest BCUT2D eigenvalue weighted by atomic mass is 79.9. The summed E-state index contributed by atoms with van der Waals surface area (Å²) in [4.78, 5) is 12.4. The Morgan fingerprint density at radius 3 is 2.51 bits per heavy atom. The van der Waals surface area contributed by atoms with Gasteiger partial charge in [0.25, 0.3) is 5.91 Å². The van der Waals surface area contributed by atoms with Crippen LogP contribution >= 0.6 is 27.7 Å². The molecular formula is C26H24BrN5O2S. The lowest BCUT2D eigenvalue weighted by Gasteiger charge is -2.10. The first-order valence-corrected chi connectivity index (χ1v) is 12.9. The van der Waals surface area contributed by atoms with Crippen molar-refractivity contribution >= 4 is 39.8 Å². The van der Waals surface area contributed by atoms with Crippen molar-refractivity contribution in [3.63, 3.8) is 0 Å². The molecule has 0 saturated carbocycles. The Labute approximate surface area is 216 Å². The maximum absolute atomic E-state index is 12.4. The number of aromatic nitrogens is 3. The summed E-state index contributed by atoms with van der Waals surface area (Å²) in [5.41, 5.74) is 5.28. The Morgan fingerprint density at radius 1 is 1.06 bits per heavy atom. The number of amides is 1. The zero-order valence-electron chi connectivity index (χ0n) is 19.1. The number of ether oxygens (including phenoxy) is 1. The molecule has 4 rings (SSSR count). The number of hydrazone groups is 1. The Morgan fingerprint density at radius 2 is 1.80 bits per heavy atom. The lowest BCUT2D eigenvalue weighted by molar-refractivity contribution is -0.118. The Kier molecular flexibility index (Phi) is 8.69. The molecule has 0 saturated heterocycles. The van der Waals surface area contributed by atoms with Gasteiger partial charge in [-0.1, -0.05) is 64.9 Å². The number of carbonyl (C=O) groups excluding carboxylic acids is 1. The fraction of sp³-hybridized carbons (Fsp3) is 0.154. The smallest absolute Gasteiger partial charge is 0.250 e. The topological polar surface area (TPSA) is 81.4 Å². The molecule has 1 aromatic heterocycles. The first-order chi connectivity index (χ1) is 17.1. The zero-order chi connectivity index (χ0) is 24.5. The van der Waals surface area contributed by atoms with Crippen molar-refractivity contribution in [2.75, 3.05) is 12.4 Å². The van der Waals surface area contributed by atoms with Crippen molar-refractivity contribution in [1.29, 1.82) is 0 Å². The predicted octanol–water partition coefficient (Wildman–Crippen LogP) is 5.73. The number of benzene rings is 3. The Balaban J connectivity index is 1.41. The molecule has 0 bridgehead atoms. The molecule has 1 heterocycles. The molecule has 1 amide bonds. The van der Waals surface area contributed by atoms with Crippen LogP contribution in [-0.2, 0) is 4.79 Å². The average Bonchev–Trinajstić information content (AvgIpc) is 3.32. The summed E-state index contributed by atoms with van der Waals surface area (Å²) >= 11 is 4.77. The monoisotopic (exact) mass is 549 g/mol. The van der Waals surface area contributed by atoms with Crippen LogP contribution in [0.2, 0.25) is 0 Å². The van der Waals surface area contributed by atoms with E-state index in [0.717, 1.165) is 33.5 Å². The van der Waals surface area contributed by atoms with Crippen molar-refractivity contribution in [2.45, 2.75) is 18.5 Å². The van der Waals surface area contributed by atoms with Crippen molar-refractivity contribution in [3.05, 3.63) is 88.9 Å². The predicted molar refractivity (Wildman–Crippen MR) is 143 cm³/mol. The Hall–Kier alpha value is -3.43. The van der Waals surface area contributed by atoms with Crippen molar-refractivity contribution in [1.82, 2.24) is 20.2 Å². The van der Waals surface area contributed by atoms with Crippen LogP contribution in [0.25, 0.3) is 17.1 Å². The van der Waals surface area contributed by atoms with Crippen LogP contribution < -0.4 is 10.2 Å². The molecule has 1 N–H and O–H groups in total. The molecule has 7 nitrogen and oxygen atoms in total. The van der Waals surface area contributed by atoms with Gasteiger partial charge in [-0.25, -0.2) is 5.43 Å². The van der Waals surface area contributed by atoms with Gasteiger partial charge in [0.2, 0.25) is 0 Å². The molecule has 35 heavy (non-hydrogen) atoms. The highest BCUT2D eigenvalue weighted by molar-refractivity contribution is 9.10. The van der Waals surface area contributed by atoms with Gasteiger partial charge in [0.05, 0.1) is 18.6 Å².